The van der Waals surface area contributed by atoms with Gasteiger partial charge in [-0.25, -0.2) is 0 Å². The number of hydrogen-bond acceptors (Lipinski definition) is 4. The zero-order valence-corrected chi connectivity index (χ0v) is 24.3. The van der Waals surface area contributed by atoms with E-state index in [2.05, 4.69) is 23.1 Å². The number of carbonyl (C=O) groups is 3. The topological polar surface area (TPSA) is 108 Å². The first-order chi connectivity index (χ1) is 19.5. The van der Waals surface area contributed by atoms with Gasteiger partial charge in [0.15, 0.2) is 0 Å². The summed E-state index contributed by atoms with van der Waals surface area (Å²) in [6.45, 7) is 2.26. The highest BCUT2D eigenvalue weighted by Crippen LogP contribution is 2.15. The van der Waals surface area contributed by atoms with Crippen LogP contribution in [0.5, 0.6) is 5.75 Å². The number of aromatic hydroxyl groups is 1. The number of phenolic OH excluding ortho intramolecular Hbond substituents is 1. The van der Waals surface area contributed by atoms with Gasteiger partial charge in [-0.1, -0.05) is 109 Å². The fourth-order valence-corrected chi connectivity index (χ4v) is 4.63. The Labute approximate surface area is 240 Å². The normalized spacial score (nSPS) is 10.7. The van der Waals surface area contributed by atoms with Crippen LogP contribution in [0.3, 0.4) is 0 Å². The van der Waals surface area contributed by atoms with Crippen LogP contribution in [0.4, 0.5) is 5.69 Å². The minimum Gasteiger partial charge on any atom is -0.508 e. The molecule has 0 aliphatic carbocycles. The van der Waals surface area contributed by atoms with E-state index in [1.54, 1.807) is 36.4 Å². The Hall–Kier alpha value is -3.35. The lowest BCUT2D eigenvalue weighted by molar-refractivity contribution is -0.122. The summed E-state index contributed by atoms with van der Waals surface area (Å²) in [5.74, 6) is -0.655. The molecule has 7 heteroatoms. The van der Waals surface area contributed by atoms with E-state index in [1.807, 2.05) is 0 Å². The van der Waals surface area contributed by atoms with Crippen LogP contribution >= 0.6 is 0 Å². The lowest BCUT2D eigenvalue weighted by Crippen LogP contribution is -2.41. The minimum absolute atomic E-state index is 0.132. The second-order valence-corrected chi connectivity index (χ2v) is 10.7. The second-order valence-electron chi connectivity index (χ2n) is 10.7. The maximum absolute atomic E-state index is 12.3. The van der Waals surface area contributed by atoms with Crippen LogP contribution in [-0.2, 0) is 16.0 Å². The van der Waals surface area contributed by atoms with Gasteiger partial charge in [-0.2, -0.15) is 0 Å². The van der Waals surface area contributed by atoms with Gasteiger partial charge >= 0.3 is 0 Å². The van der Waals surface area contributed by atoms with Gasteiger partial charge in [-0.05, 0) is 48.4 Å². The Morgan fingerprint density at radius 1 is 0.600 bits per heavy atom. The zero-order chi connectivity index (χ0) is 28.8. The number of hydrazine groups is 1. The Bertz CT molecular complexity index is 990. The number of rotatable bonds is 20. The van der Waals surface area contributed by atoms with E-state index in [9.17, 15) is 19.5 Å². The highest BCUT2D eigenvalue weighted by Gasteiger charge is 2.09. The Balaban J connectivity index is 1.47. The number of carbonyl (C=O) groups excluding carboxylic acids is 3. The molecule has 2 aromatic rings. The molecule has 220 valence electrons. The van der Waals surface area contributed by atoms with E-state index in [-0.39, 0.29) is 24.0 Å². The highest BCUT2D eigenvalue weighted by atomic mass is 16.3. The quantitative estimate of drug-likeness (QED) is 0.0772. The summed E-state index contributed by atoms with van der Waals surface area (Å²) in [5.41, 5.74) is 6.70. The largest absolute Gasteiger partial charge is 0.508 e. The molecular weight excluding hydrogens is 502 g/mol. The van der Waals surface area contributed by atoms with Crippen molar-refractivity contribution in [1.82, 2.24) is 10.9 Å². The van der Waals surface area contributed by atoms with Crippen molar-refractivity contribution in [3.63, 3.8) is 0 Å². The van der Waals surface area contributed by atoms with Gasteiger partial charge in [-0.15, -0.1) is 0 Å². The molecule has 0 heterocycles. The van der Waals surface area contributed by atoms with Gasteiger partial charge in [-0.3, -0.25) is 25.2 Å². The molecule has 0 bridgehead atoms. The average Bonchev–Trinajstić information content (AvgIpc) is 2.95. The molecule has 7 nitrogen and oxygen atoms in total. The van der Waals surface area contributed by atoms with Crippen molar-refractivity contribution >= 4 is 23.4 Å². The maximum atomic E-state index is 12.3. The van der Waals surface area contributed by atoms with Gasteiger partial charge in [0.1, 0.15) is 5.75 Å². The van der Waals surface area contributed by atoms with E-state index >= 15 is 0 Å². The molecular formula is C33H49N3O4. The van der Waals surface area contributed by atoms with Gasteiger partial charge in [0.25, 0.3) is 5.91 Å². The third-order valence-electron chi connectivity index (χ3n) is 7.05. The number of anilines is 1. The summed E-state index contributed by atoms with van der Waals surface area (Å²) in [5, 5.41) is 12.1. The van der Waals surface area contributed by atoms with Crippen molar-refractivity contribution in [3.05, 3.63) is 59.7 Å². The molecule has 2 aromatic carbocycles. The summed E-state index contributed by atoms with van der Waals surface area (Å²) in [6.07, 6.45) is 19.7. The fourth-order valence-electron chi connectivity index (χ4n) is 4.63. The third-order valence-corrected chi connectivity index (χ3v) is 7.05. The summed E-state index contributed by atoms with van der Waals surface area (Å²) in [6, 6.07) is 12.9. The molecule has 0 aliphatic heterocycles. The molecule has 0 radical (unpaired) electrons. The smallest absolute Gasteiger partial charge is 0.269 e. The zero-order valence-electron chi connectivity index (χ0n) is 24.3. The standard InChI is InChI=1S/C33H49N3O4/c1-2-3-4-5-6-7-8-9-10-11-12-13-14-15-16-17-31(38)35-36-33(40)28-20-18-27(19-21-28)26-32(39)34-29-22-24-30(37)25-23-29/h18-25,37H,2-17,26H2,1H3,(H,34,39)(H,35,38)(H,36,40). The van der Waals surface area contributed by atoms with Crippen molar-refractivity contribution in [2.75, 3.05) is 5.32 Å². The van der Waals surface area contributed by atoms with Crippen molar-refractivity contribution in [2.45, 2.75) is 116 Å². The Morgan fingerprint density at radius 2 is 1.10 bits per heavy atom. The van der Waals surface area contributed by atoms with Crippen LogP contribution in [0.15, 0.2) is 48.5 Å². The molecule has 0 fully saturated rings. The molecule has 2 rings (SSSR count). The lowest BCUT2D eigenvalue weighted by atomic mass is 10.0. The second kappa shape index (κ2) is 20.5. The SMILES string of the molecule is CCCCCCCCCCCCCCCCCC(=O)NNC(=O)c1ccc(CC(=O)Nc2ccc(O)cc2)cc1. The molecule has 40 heavy (non-hydrogen) atoms. The summed E-state index contributed by atoms with van der Waals surface area (Å²) >= 11 is 0. The van der Waals surface area contributed by atoms with E-state index < -0.39 is 5.91 Å². The molecule has 0 spiro atoms. The first-order valence-electron chi connectivity index (χ1n) is 15.2. The van der Waals surface area contributed by atoms with E-state index in [0.717, 1.165) is 24.8 Å². The van der Waals surface area contributed by atoms with Gasteiger partial charge in [0.05, 0.1) is 6.42 Å². The van der Waals surface area contributed by atoms with Crippen molar-refractivity contribution in [2.24, 2.45) is 0 Å². The number of amides is 3. The Morgan fingerprint density at radius 3 is 1.62 bits per heavy atom. The van der Waals surface area contributed by atoms with Gasteiger partial charge < -0.3 is 10.4 Å². The number of unbranched alkanes of at least 4 members (excludes halogenated alkanes) is 14. The minimum atomic E-state index is -0.398. The third kappa shape index (κ3) is 15.3. The number of benzene rings is 2. The summed E-state index contributed by atoms with van der Waals surface area (Å²) in [7, 11) is 0. The van der Waals surface area contributed by atoms with Crippen molar-refractivity contribution in [1.29, 1.82) is 0 Å². The number of phenols is 1. The van der Waals surface area contributed by atoms with E-state index in [0.29, 0.717) is 17.7 Å². The Kier molecular flexibility index (Phi) is 16.9. The molecule has 4 N–H and O–H groups in total. The van der Waals surface area contributed by atoms with Crippen LogP contribution in [0.2, 0.25) is 0 Å². The predicted octanol–water partition coefficient (Wildman–Crippen LogP) is 7.60. The first kappa shape index (κ1) is 32.9. The molecule has 0 unspecified atom stereocenters. The average molecular weight is 552 g/mol. The van der Waals surface area contributed by atoms with Crippen LogP contribution in [0.1, 0.15) is 126 Å². The summed E-state index contributed by atoms with van der Waals surface area (Å²) < 4.78 is 0. The van der Waals surface area contributed by atoms with E-state index in [4.69, 9.17) is 0 Å². The highest BCUT2D eigenvalue weighted by molar-refractivity contribution is 5.96. The molecule has 3 amide bonds. The number of nitrogens with one attached hydrogen (secondary N) is 3. The first-order valence-corrected chi connectivity index (χ1v) is 15.2. The molecule has 0 saturated heterocycles. The van der Waals surface area contributed by atoms with Crippen LogP contribution in [0, 0.1) is 0 Å². The summed E-state index contributed by atoms with van der Waals surface area (Å²) in [4.78, 5) is 36.6. The molecule has 0 aromatic heterocycles. The molecule has 0 atom stereocenters. The van der Waals surface area contributed by atoms with E-state index in [1.165, 1.54) is 89.2 Å². The predicted molar refractivity (Wildman–Crippen MR) is 162 cm³/mol. The van der Waals surface area contributed by atoms with Gasteiger partial charge in [0.2, 0.25) is 11.8 Å². The van der Waals surface area contributed by atoms with Crippen LogP contribution in [0.25, 0.3) is 0 Å². The molecule has 0 saturated carbocycles. The van der Waals surface area contributed by atoms with Crippen LogP contribution in [-0.4, -0.2) is 22.8 Å². The fraction of sp³-hybridized carbons (Fsp3) is 0.545. The lowest BCUT2D eigenvalue weighted by Gasteiger charge is -2.09. The van der Waals surface area contributed by atoms with Crippen molar-refractivity contribution < 1.29 is 19.5 Å². The number of hydrogen-bond donors (Lipinski definition) is 4. The molecule has 0 aliphatic rings. The monoisotopic (exact) mass is 551 g/mol. The van der Waals surface area contributed by atoms with Gasteiger partial charge in [0, 0.05) is 17.7 Å². The van der Waals surface area contributed by atoms with Crippen molar-refractivity contribution in [3.8, 4) is 5.75 Å². The van der Waals surface area contributed by atoms with Crippen LogP contribution < -0.4 is 16.2 Å². The maximum Gasteiger partial charge on any atom is 0.269 e.